The number of nitrogens with zero attached hydrogens (tertiary/aromatic N) is 1. The number of rotatable bonds is 9. The number of carbonyl (C=O) groups is 2. The molecule has 8 nitrogen and oxygen atoms in total. The lowest BCUT2D eigenvalue weighted by atomic mass is 10.1. The molecule has 0 fully saturated rings. The van der Waals surface area contributed by atoms with Crippen LogP contribution in [0.3, 0.4) is 0 Å². The summed E-state index contributed by atoms with van der Waals surface area (Å²) in [5.41, 5.74) is 0.983. The average molecular weight is 438 g/mol. The largest absolute Gasteiger partial charge is 0.478 e. The van der Waals surface area contributed by atoms with Crippen LogP contribution in [-0.2, 0) is 22.6 Å². The van der Waals surface area contributed by atoms with Crippen molar-refractivity contribution in [3.63, 3.8) is 0 Å². The standard InChI is InChI=1S/C24H26N2O6/c1-16-20(26-21(31-16)18-9-5-4-6-10-18)12-13-25-23(29)30-15-17-8-7-11-19(14-17)32-24(2,3)22(27)28/h4-11,14H,12-13,15H2,1-3H3,(H,25,29)(H,27,28). The van der Waals surface area contributed by atoms with Crippen LogP contribution in [0.4, 0.5) is 4.79 Å². The van der Waals surface area contributed by atoms with Crippen LogP contribution in [0.5, 0.6) is 5.75 Å². The molecule has 2 N–H and O–H groups in total. The van der Waals surface area contributed by atoms with Crippen molar-refractivity contribution in [1.29, 1.82) is 0 Å². The van der Waals surface area contributed by atoms with Crippen molar-refractivity contribution in [2.75, 3.05) is 6.54 Å². The zero-order chi connectivity index (χ0) is 23.1. The van der Waals surface area contributed by atoms with Gasteiger partial charge in [-0.05, 0) is 50.6 Å². The Kier molecular flexibility index (Phi) is 7.14. The molecule has 0 aliphatic carbocycles. The third-order valence-corrected chi connectivity index (χ3v) is 4.70. The number of carboxylic acids is 1. The van der Waals surface area contributed by atoms with E-state index in [9.17, 15) is 14.7 Å². The van der Waals surface area contributed by atoms with Gasteiger partial charge in [0.2, 0.25) is 5.89 Å². The highest BCUT2D eigenvalue weighted by molar-refractivity contribution is 5.76. The average Bonchev–Trinajstić information content (AvgIpc) is 3.13. The molecule has 0 bridgehead atoms. The van der Waals surface area contributed by atoms with E-state index >= 15 is 0 Å². The molecular weight excluding hydrogens is 412 g/mol. The molecule has 1 heterocycles. The minimum absolute atomic E-state index is 0.0255. The minimum atomic E-state index is -1.36. The molecule has 0 saturated carbocycles. The van der Waals surface area contributed by atoms with Gasteiger partial charge in [-0.1, -0.05) is 30.3 Å². The molecule has 3 aromatic rings. The van der Waals surface area contributed by atoms with E-state index < -0.39 is 17.7 Å². The minimum Gasteiger partial charge on any atom is -0.478 e. The van der Waals surface area contributed by atoms with Gasteiger partial charge in [-0.15, -0.1) is 0 Å². The third-order valence-electron chi connectivity index (χ3n) is 4.70. The topological polar surface area (TPSA) is 111 Å². The van der Waals surface area contributed by atoms with E-state index in [1.54, 1.807) is 24.3 Å². The first kappa shape index (κ1) is 22.9. The fourth-order valence-electron chi connectivity index (χ4n) is 2.88. The molecule has 0 atom stereocenters. The van der Waals surface area contributed by atoms with Gasteiger partial charge in [0, 0.05) is 18.5 Å². The quantitative estimate of drug-likeness (QED) is 0.511. The van der Waals surface area contributed by atoms with Crippen LogP contribution < -0.4 is 10.1 Å². The normalized spacial score (nSPS) is 11.1. The number of aromatic nitrogens is 1. The van der Waals surface area contributed by atoms with Crippen LogP contribution >= 0.6 is 0 Å². The van der Waals surface area contributed by atoms with Crippen molar-refractivity contribution >= 4 is 12.1 Å². The Bertz CT molecular complexity index is 1080. The van der Waals surface area contributed by atoms with E-state index in [0.29, 0.717) is 35.9 Å². The molecule has 1 aromatic heterocycles. The van der Waals surface area contributed by atoms with Gasteiger partial charge < -0.3 is 24.3 Å². The highest BCUT2D eigenvalue weighted by atomic mass is 16.5. The monoisotopic (exact) mass is 438 g/mol. The van der Waals surface area contributed by atoms with E-state index in [-0.39, 0.29) is 6.61 Å². The molecule has 8 heteroatoms. The number of amides is 1. The summed E-state index contributed by atoms with van der Waals surface area (Å²) in [4.78, 5) is 27.8. The molecule has 0 saturated heterocycles. The smallest absolute Gasteiger partial charge is 0.407 e. The van der Waals surface area contributed by atoms with Crippen molar-refractivity contribution < 1.29 is 28.6 Å². The summed E-state index contributed by atoms with van der Waals surface area (Å²) >= 11 is 0. The highest BCUT2D eigenvalue weighted by Gasteiger charge is 2.29. The van der Waals surface area contributed by atoms with Crippen molar-refractivity contribution in [3.8, 4) is 17.2 Å². The van der Waals surface area contributed by atoms with Gasteiger partial charge in [0.05, 0.1) is 5.69 Å². The van der Waals surface area contributed by atoms with Gasteiger partial charge >= 0.3 is 12.1 Å². The summed E-state index contributed by atoms with van der Waals surface area (Å²) in [5.74, 6) is 0.570. The SMILES string of the molecule is Cc1oc(-c2ccccc2)nc1CCNC(=O)OCc1cccc(OC(C)(C)C(=O)O)c1. The Morgan fingerprint density at radius 1 is 1.12 bits per heavy atom. The van der Waals surface area contributed by atoms with E-state index in [0.717, 1.165) is 11.3 Å². The first-order valence-electron chi connectivity index (χ1n) is 10.2. The predicted molar refractivity (Wildman–Crippen MR) is 117 cm³/mol. The van der Waals surface area contributed by atoms with E-state index in [1.807, 2.05) is 37.3 Å². The number of oxazole rings is 1. The van der Waals surface area contributed by atoms with Crippen LogP contribution in [0.25, 0.3) is 11.5 Å². The molecule has 0 spiro atoms. The van der Waals surface area contributed by atoms with Crippen LogP contribution in [0.2, 0.25) is 0 Å². The molecule has 1 amide bonds. The maximum absolute atomic E-state index is 12.0. The molecule has 32 heavy (non-hydrogen) atoms. The van der Waals surface area contributed by atoms with Crippen molar-refractivity contribution in [1.82, 2.24) is 10.3 Å². The van der Waals surface area contributed by atoms with Crippen molar-refractivity contribution in [2.45, 2.75) is 39.4 Å². The fourth-order valence-corrected chi connectivity index (χ4v) is 2.88. The lowest BCUT2D eigenvalue weighted by Crippen LogP contribution is -2.37. The van der Waals surface area contributed by atoms with Gasteiger partial charge in [-0.3, -0.25) is 0 Å². The van der Waals surface area contributed by atoms with Crippen molar-refractivity contribution in [2.24, 2.45) is 0 Å². The number of nitrogens with one attached hydrogen (secondary N) is 1. The number of hydrogen-bond acceptors (Lipinski definition) is 6. The number of benzene rings is 2. The Balaban J connectivity index is 1.47. The second kappa shape index (κ2) is 10.00. The zero-order valence-electron chi connectivity index (χ0n) is 18.3. The summed E-state index contributed by atoms with van der Waals surface area (Å²) in [6, 6.07) is 16.4. The van der Waals surface area contributed by atoms with Crippen LogP contribution in [-0.4, -0.2) is 34.3 Å². The first-order valence-corrected chi connectivity index (χ1v) is 10.2. The molecule has 0 radical (unpaired) electrons. The lowest BCUT2D eigenvalue weighted by molar-refractivity contribution is -0.152. The molecular formula is C24H26N2O6. The van der Waals surface area contributed by atoms with Gasteiger partial charge in [0.15, 0.2) is 5.60 Å². The number of alkyl carbamates (subject to hydrolysis) is 1. The maximum Gasteiger partial charge on any atom is 0.407 e. The summed E-state index contributed by atoms with van der Waals surface area (Å²) in [7, 11) is 0. The summed E-state index contributed by atoms with van der Waals surface area (Å²) in [6.45, 7) is 5.14. The lowest BCUT2D eigenvalue weighted by Gasteiger charge is -2.21. The third kappa shape index (κ3) is 6.10. The Hall–Kier alpha value is -3.81. The number of carbonyl (C=O) groups excluding carboxylic acids is 1. The number of aliphatic carboxylic acids is 1. The predicted octanol–water partition coefficient (Wildman–Crippen LogP) is 4.36. The van der Waals surface area contributed by atoms with Gasteiger partial charge in [0.1, 0.15) is 18.1 Å². The summed E-state index contributed by atoms with van der Waals surface area (Å²) in [6.07, 6.45) is -0.0585. The second-order valence-corrected chi connectivity index (χ2v) is 7.71. The number of aryl methyl sites for hydroxylation is 1. The zero-order valence-corrected chi connectivity index (χ0v) is 18.3. The number of carboxylic acid groups (broad SMARTS) is 1. The molecule has 0 aliphatic heterocycles. The number of hydrogen-bond donors (Lipinski definition) is 2. The Morgan fingerprint density at radius 2 is 1.88 bits per heavy atom. The molecule has 3 rings (SSSR count). The van der Waals surface area contributed by atoms with Gasteiger partial charge in [-0.25, -0.2) is 14.6 Å². The highest BCUT2D eigenvalue weighted by Crippen LogP contribution is 2.22. The second-order valence-electron chi connectivity index (χ2n) is 7.71. The van der Waals surface area contributed by atoms with Crippen LogP contribution in [0.1, 0.15) is 30.9 Å². The van der Waals surface area contributed by atoms with E-state index in [1.165, 1.54) is 13.8 Å². The molecule has 0 unspecified atom stereocenters. The van der Waals surface area contributed by atoms with E-state index in [4.69, 9.17) is 13.9 Å². The van der Waals surface area contributed by atoms with Crippen LogP contribution in [0, 0.1) is 6.92 Å². The number of ether oxygens (including phenoxy) is 2. The fraction of sp³-hybridized carbons (Fsp3) is 0.292. The van der Waals surface area contributed by atoms with Gasteiger partial charge in [-0.2, -0.15) is 0 Å². The summed E-state index contributed by atoms with van der Waals surface area (Å²) in [5, 5.41) is 11.9. The first-order chi connectivity index (χ1) is 15.2. The van der Waals surface area contributed by atoms with Crippen LogP contribution in [0.15, 0.2) is 59.0 Å². The van der Waals surface area contributed by atoms with Crippen molar-refractivity contribution in [3.05, 3.63) is 71.6 Å². The van der Waals surface area contributed by atoms with E-state index in [2.05, 4.69) is 10.3 Å². The molecule has 168 valence electrons. The van der Waals surface area contributed by atoms with Gasteiger partial charge in [0.25, 0.3) is 0 Å². The molecule has 2 aromatic carbocycles. The maximum atomic E-state index is 12.0. The Labute approximate surface area is 186 Å². The Morgan fingerprint density at radius 3 is 2.59 bits per heavy atom. The summed E-state index contributed by atoms with van der Waals surface area (Å²) < 4.78 is 16.5. The molecule has 0 aliphatic rings.